The Morgan fingerprint density at radius 2 is 2.19 bits per heavy atom. The number of hydrogen-bond donors (Lipinski definition) is 2. The van der Waals surface area contributed by atoms with Crippen molar-refractivity contribution in [1.29, 1.82) is 0 Å². The normalized spacial score (nSPS) is 19.5. The summed E-state index contributed by atoms with van der Waals surface area (Å²) < 4.78 is 0. The van der Waals surface area contributed by atoms with Gasteiger partial charge in [0.2, 0.25) is 5.91 Å². The summed E-state index contributed by atoms with van der Waals surface area (Å²) in [4.78, 5) is 12.2. The molecule has 0 radical (unpaired) electrons. The first-order chi connectivity index (χ1) is 9.56. The third-order valence-electron chi connectivity index (χ3n) is 4.08. The summed E-state index contributed by atoms with van der Waals surface area (Å²) in [5.41, 5.74) is 3.92. The van der Waals surface area contributed by atoms with Gasteiger partial charge in [-0.2, -0.15) is 0 Å². The van der Waals surface area contributed by atoms with E-state index in [1.165, 1.54) is 16.7 Å². The van der Waals surface area contributed by atoms with Crippen molar-refractivity contribution < 1.29 is 4.79 Å². The van der Waals surface area contributed by atoms with E-state index < -0.39 is 0 Å². The molecule has 1 aliphatic rings. The number of nitrogens with one attached hydrogen (secondary N) is 2. The summed E-state index contributed by atoms with van der Waals surface area (Å²) in [6.45, 7) is 8.21. The standard InChI is InChI=1S/C17H26N2O.ClH/c1-12-6-7-15(13(2)9-12)10-14(3)19-17(20)16-5-4-8-18-11-16;/h6-7,9,14,16,18H,4-5,8,10-11H2,1-3H3,(H,19,20);1H. The fraction of sp³-hybridized carbons (Fsp3) is 0.588. The number of carbonyl (C=O) groups excluding carboxylic acids is 1. The number of rotatable bonds is 4. The zero-order chi connectivity index (χ0) is 14.5. The van der Waals surface area contributed by atoms with Crippen molar-refractivity contribution in [3.63, 3.8) is 0 Å². The summed E-state index contributed by atoms with van der Waals surface area (Å²) in [5, 5.41) is 6.45. The predicted molar refractivity (Wildman–Crippen MR) is 90.1 cm³/mol. The Labute approximate surface area is 134 Å². The zero-order valence-corrected chi connectivity index (χ0v) is 14.1. The fourth-order valence-electron chi connectivity index (χ4n) is 2.89. The van der Waals surface area contributed by atoms with Crippen molar-refractivity contribution in [1.82, 2.24) is 10.6 Å². The van der Waals surface area contributed by atoms with Gasteiger partial charge in [-0.05, 0) is 57.7 Å². The smallest absolute Gasteiger partial charge is 0.224 e. The lowest BCUT2D eigenvalue weighted by Gasteiger charge is -2.24. The lowest BCUT2D eigenvalue weighted by molar-refractivity contribution is -0.126. The van der Waals surface area contributed by atoms with E-state index in [0.717, 1.165) is 32.4 Å². The van der Waals surface area contributed by atoms with Gasteiger partial charge in [-0.25, -0.2) is 0 Å². The Morgan fingerprint density at radius 1 is 1.43 bits per heavy atom. The first kappa shape index (κ1) is 18.0. The molecule has 0 bridgehead atoms. The van der Waals surface area contributed by atoms with Gasteiger partial charge in [0.05, 0.1) is 5.92 Å². The summed E-state index contributed by atoms with van der Waals surface area (Å²) >= 11 is 0. The highest BCUT2D eigenvalue weighted by molar-refractivity contribution is 5.85. The Kier molecular flexibility index (Phi) is 7.20. The van der Waals surface area contributed by atoms with Crippen LogP contribution in [0.2, 0.25) is 0 Å². The molecule has 1 aliphatic heterocycles. The number of halogens is 1. The molecule has 0 aromatic heterocycles. The molecular weight excluding hydrogens is 284 g/mol. The molecule has 2 atom stereocenters. The largest absolute Gasteiger partial charge is 0.353 e. The third-order valence-corrected chi connectivity index (χ3v) is 4.08. The van der Waals surface area contributed by atoms with Crippen LogP contribution in [-0.2, 0) is 11.2 Å². The van der Waals surface area contributed by atoms with Crippen LogP contribution in [0.5, 0.6) is 0 Å². The quantitative estimate of drug-likeness (QED) is 0.898. The molecule has 2 N–H and O–H groups in total. The van der Waals surface area contributed by atoms with E-state index >= 15 is 0 Å². The molecule has 21 heavy (non-hydrogen) atoms. The molecule has 1 aromatic rings. The number of piperidine rings is 1. The third kappa shape index (κ3) is 5.33. The zero-order valence-electron chi connectivity index (χ0n) is 13.2. The van der Waals surface area contributed by atoms with Gasteiger partial charge in [0.1, 0.15) is 0 Å². The molecule has 0 saturated carbocycles. The molecule has 0 aliphatic carbocycles. The van der Waals surface area contributed by atoms with E-state index in [0.29, 0.717) is 0 Å². The highest BCUT2D eigenvalue weighted by Crippen LogP contribution is 2.14. The van der Waals surface area contributed by atoms with Crippen LogP contribution in [0.25, 0.3) is 0 Å². The van der Waals surface area contributed by atoms with Crippen LogP contribution in [0, 0.1) is 19.8 Å². The molecule has 3 nitrogen and oxygen atoms in total. The Balaban J connectivity index is 0.00000220. The number of benzene rings is 1. The molecule has 0 spiro atoms. The number of amides is 1. The minimum absolute atomic E-state index is 0. The Morgan fingerprint density at radius 3 is 2.81 bits per heavy atom. The molecular formula is C17H27ClN2O. The highest BCUT2D eigenvalue weighted by atomic mass is 35.5. The maximum Gasteiger partial charge on any atom is 0.224 e. The summed E-state index contributed by atoms with van der Waals surface area (Å²) in [6, 6.07) is 6.71. The second-order valence-corrected chi connectivity index (χ2v) is 6.09. The van der Waals surface area contributed by atoms with Gasteiger partial charge < -0.3 is 10.6 Å². The van der Waals surface area contributed by atoms with E-state index in [4.69, 9.17) is 0 Å². The molecule has 1 heterocycles. The van der Waals surface area contributed by atoms with E-state index in [2.05, 4.69) is 49.6 Å². The van der Waals surface area contributed by atoms with Crippen molar-refractivity contribution in [3.8, 4) is 0 Å². The number of aryl methyl sites for hydroxylation is 2. The Bertz CT molecular complexity index is 470. The summed E-state index contributed by atoms with van der Waals surface area (Å²) in [5.74, 6) is 0.347. The van der Waals surface area contributed by atoms with Crippen LogP contribution in [0.4, 0.5) is 0 Å². The molecule has 2 unspecified atom stereocenters. The molecule has 1 aromatic carbocycles. The average molecular weight is 311 g/mol. The Hall–Kier alpha value is -1.06. The maximum atomic E-state index is 12.2. The van der Waals surface area contributed by atoms with Gasteiger partial charge in [0.25, 0.3) is 0 Å². The van der Waals surface area contributed by atoms with Crippen molar-refractivity contribution in [3.05, 3.63) is 34.9 Å². The predicted octanol–water partition coefficient (Wildman–Crippen LogP) is 2.77. The SMILES string of the molecule is Cc1ccc(CC(C)NC(=O)C2CCCNC2)c(C)c1.Cl. The van der Waals surface area contributed by atoms with Gasteiger partial charge >= 0.3 is 0 Å². The van der Waals surface area contributed by atoms with Crippen LogP contribution in [0.1, 0.15) is 36.5 Å². The fourth-order valence-corrected chi connectivity index (χ4v) is 2.89. The van der Waals surface area contributed by atoms with Crippen LogP contribution in [0.3, 0.4) is 0 Å². The number of hydrogen-bond acceptors (Lipinski definition) is 2. The summed E-state index contributed by atoms with van der Waals surface area (Å²) in [6.07, 6.45) is 3.01. The van der Waals surface area contributed by atoms with Crippen molar-refractivity contribution in [2.45, 2.75) is 46.1 Å². The van der Waals surface area contributed by atoms with E-state index in [1.807, 2.05) is 0 Å². The second-order valence-electron chi connectivity index (χ2n) is 6.09. The maximum absolute atomic E-state index is 12.2. The van der Waals surface area contributed by atoms with Crippen molar-refractivity contribution in [2.24, 2.45) is 5.92 Å². The topological polar surface area (TPSA) is 41.1 Å². The van der Waals surface area contributed by atoms with Crippen LogP contribution in [0.15, 0.2) is 18.2 Å². The highest BCUT2D eigenvalue weighted by Gasteiger charge is 2.22. The average Bonchev–Trinajstić information content (AvgIpc) is 2.43. The molecule has 4 heteroatoms. The minimum atomic E-state index is 0. The second kappa shape index (κ2) is 8.40. The van der Waals surface area contributed by atoms with Gasteiger partial charge in [-0.3, -0.25) is 4.79 Å². The lowest BCUT2D eigenvalue weighted by Crippen LogP contribution is -2.44. The first-order valence-electron chi connectivity index (χ1n) is 7.63. The van der Waals surface area contributed by atoms with E-state index in [-0.39, 0.29) is 30.3 Å². The van der Waals surface area contributed by atoms with Gasteiger partial charge in [-0.1, -0.05) is 23.8 Å². The van der Waals surface area contributed by atoms with Crippen molar-refractivity contribution in [2.75, 3.05) is 13.1 Å². The monoisotopic (exact) mass is 310 g/mol. The summed E-state index contributed by atoms with van der Waals surface area (Å²) in [7, 11) is 0. The molecule has 1 amide bonds. The van der Waals surface area contributed by atoms with Crippen LogP contribution >= 0.6 is 12.4 Å². The molecule has 1 saturated heterocycles. The van der Waals surface area contributed by atoms with E-state index in [1.54, 1.807) is 0 Å². The lowest BCUT2D eigenvalue weighted by atomic mass is 9.97. The van der Waals surface area contributed by atoms with Crippen LogP contribution < -0.4 is 10.6 Å². The van der Waals surface area contributed by atoms with Gasteiger partial charge in [-0.15, -0.1) is 12.4 Å². The molecule has 2 rings (SSSR count). The van der Waals surface area contributed by atoms with Gasteiger partial charge in [0, 0.05) is 12.6 Å². The molecule has 118 valence electrons. The number of carbonyl (C=O) groups is 1. The van der Waals surface area contributed by atoms with Gasteiger partial charge in [0.15, 0.2) is 0 Å². The minimum Gasteiger partial charge on any atom is -0.353 e. The van der Waals surface area contributed by atoms with E-state index in [9.17, 15) is 4.79 Å². The first-order valence-corrected chi connectivity index (χ1v) is 7.63. The van der Waals surface area contributed by atoms with Crippen LogP contribution in [-0.4, -0.2) is 25.0 Å². The molecule has 1 fully saturated rings. The van der Waals surface area contributed by atoms with Crippen molar-refractivity contribution >= 4 is 18.3 Å².